The summed E-state index contributed by atoms with van der Waals surface area (Å²) >= 11 is 3.25. The Morgan fingerprint density at radius 2 is 2.19 bits per heavy atom. The van der Waals surface area contributed by atoms with Crippen molar-refractivity contribution in [2.75, 3.05) is 5.43 Å². The van der Waals surface area contributed by atoms with Crippen molar-refractivity contribution in [2.24, 2.45) is 5.10 Å². The summed E-state index contributed by atoms with van der Waals surface area (Å²) in [7, 11) is 0. The van der Waals surface area contributed by atoms with Gasteiger partial charge < -0.3 is 5.11 Å². The van der Waals surface area contributed by atoms with Gasteiger partial charge in [0, 0.05) is 4.88 Å². The van der Waals surface area contributed by atoms with E-state index < -0.39 is 0 Å². The van der Waals surface area contributed by atoms with E-state index in [0.29, 0.717) is 0 Å². The van der Waals surface area contributed by atoms with Crippen molar-refractivity contribution in [3.05, 3.63) is 52.2 Å². The predicted molar refractivity (Wildman–Crippen MR) is 89.5 cm³/mol. The van der Waals surface area contributed by atoms with E-state index in [2.05, 4.69) is 28.5 Å². The van der Waals surface area contributed by atoms with Gasteiger partial charge in [-0.3, -0.25) is 5.43 Å². The van der Waals surface area contributed by atoms with Gasteiger partial charge in [-0.05, 0) is 36.1 Å². The van der Waals surface area contributed by atoms with Crippen LogP contribution in [0.2, 0.25) is 0 Å². The molecule has 0 aliphatic rings. The number of benzene rings is 1. The quantitative estimate of drug-likeness (QED) is 0.556. The number of thiazole rings is 1. The number of nitrogens with zero attached hydrogens (tertiary/aromatic N) is 2. The molecule has 0 amide bonds. The molecule has 0 saturated carbocycles. The van der Waals surface area contributed by atoms with Crippen LogP contribution in [-0.4, -0.2) is 16.3 Å². The van der Waals surface area contributed by atoms with Crippen molar-refractivity contribution in [3.63, 3.8) is 0 Å². The molecule has 0 aliphatic heterocycles. The molecule has 3 rings (SSSR count). The standard InChI is InChI=1S/C15H13N3OS2/c1-10-14(13-6-3-7-20-13)17-15(21-10)18-16-9-11-4-2-5-12(19)8-11/h2-9,19H,1H3,(H,17,18)/b16-9-. The average molecular weight is 315 g/mol. The summed E-state index contributed by atoms with van der Waals surface area (Å²) in [5.74, 6) is 0.226. The Labute approximate surface area is 130 Å². The first-order valence-corrected chi connectivity index (χ1v) is 8.01. The van der Waals surface area contributed by atoms with Gasteiger partial charge in [0.1, 0.15) is 5.75 Å². The Morgan fingerprint density at radius 3 is 2.95 bits per heavy atom. The predicted octanol–water partition coefficient (Wildman–Crippen LogP) is 4.33. The van der Waals surface area contributed by atoms with E-state index in [1.165, 1.54) is 0 Å². The highest BCUT2D eigenvalue weighted by atomic mass is 32.1. The van der Waals surface area contributed by atoms with E-state index in [1.807, 2.05) is 17.5 Å². The topological polar surface area (TPSA) is 57.5 Å². The average Bonchev–Trinajstić information content (AvgIpc) is 3.08. The maximum absolute atomic E-state index is 9.38. The molecular formula is C15H13N3OS2. The third-order valence-corrected chi connectivity index (χ3v) is 4.55. The number of rotatable bonds is 4. The molecule has 2 aromatic heterocycles. The number of hydrazone groups is 1. The molecule has 0 fully saturated rings. The van der Waals surface area contributed by atoms with Gasteiger partial charge in [-0.15, -0.1) is 22.7 Å². The molecule has 0 unspecified atom stereocenters. The zero-order valence-corrected chi connectivity index (χ0v) is 12.9. The molecular weight excluding hydrogens is 302 g/mol. The Bertz CT molecular complexity index is 763. The molecule has 3 aromatic rings. The van der Waals surface area contributed by atoms with Crippen LogP contribution >= 0.6 is 22.7 Å². The van der Waals surface area contributed by atoms with Crippen LogP contribution in [0, 0.1) is 6.92 Å². The minimum atomic E-state index is 0.226. The molecule has 21 heavy (non-hydrogen) atoms. The van der Waals surface area contributed by atoms with Gasteiger partial charge in [0.25, 0.3) is 0 Å². The first-order chi connectivity index (χ1) is 10.2. The summed E-state index contributed by atoms with van der Waals surface area (Å²) in [6.07, 6.45) is 1.65. The zero-order valence-electron chi connectivity index (χ0n) is 11.3. The second-order valence-electron chi connectivity index (χ2n) is 4.37. The third kappa shape index (κ3) is 3.29. The van der Waals surface area contributed by atoms with Gasteiger partial charge in [0.2, 0.25) is 5.13 Å². The lowest BCUT2D eigenvalue weighted by Gasteiger charge is -1.95. The van der Waals surface area contributed by atoms with E-state index in [0.717, 1.165) is 26.1 Å². The number of aromatic hydroxyl groups is 1. The van der Waals surface area contributed by atoms with Crippen LogP contribution in [0.15, 0.2) is 46.9 Å². The zero-order chi connectivity index (χ0) is 14.7. The van der Waals surface area contributed by atoms with Crippen LogP contribution < -0.4 is 5.43 Å². The fourth-order valence-electron chi connectivity index (χ4n) is 1.85. The lowest BCUT2D eigenvalue weighted by atomic mass is 10.2. The SMILES string of the molecule is Cc1sc(N/N=C\c2cccc(O)c2)nc1-c1cccs1. The Kier molecular flexibility index (Phi) is 3.98. The molecule has 0 radical (unpaired) electrons. The van der Waals surface area contributed by atoms with E-state index >= 15 is 0 Å². The summed E-state index contributed by atoms with van der Waals surface area (Å²) < 4.78 is 0. The molecule has 0 saturated heterocycles. The summed E-state index contributed by atoms with van der Waals surface area (Å²) in [5, 5.41) is 16.3. The number of hydrogen-bond acceptors (Lipinski definition) is 6. The fraction of sp³-hybridized carbons (Fsp3) is 0.0667. The first-order valence-electron chi connectivity index (χ1n) is 6.32. The number of thiophene rings is 1. The molecule has 0 spiro atoms. The molecule has 6 heteroatoms. The smallest absolute Gasteiger partial charge is 0.204 e. The molecule has 0 bridgehead atoms. The molecule has 4 nitrogen and oxygen atoms in total. The van der Waals surface area contributed by atoms with Gasteiger partial charge >= 0.3 is 0 Å². The summed E-state index contributed by atoms with van der Waals surface area (Å²) in [4.78, 5) is 6.88. The number of aryl methyl sites for hydroxylation is 1. The molecule has 106 valence electrons. The van der Waals surface area contributed by atoms with E-state index in [4.69, 9.17) is 0 Å². The van der Waals surface area contributed by atoms with Gasteiger partial charge in [-0.1, -0.05) is 18.2 Å². The van der Waals surface area contributed by atoms with Crippen molar-refractivity contribution in [2.45, 2.75) is 6.92 Å². The Balaban J connectivity index is 1.73. The molecule has 2 N–H and O–H groups in total. The van der Waals surface area contributed by atoms with Crippen molar-refractivity contribution >= 4 is 34.0 Å². The number of phenolic OH excluding ortho intramolecular Hbond substituents is 1. The van der Waals surface area contributed by atoms with Crippen LogP contribution in [0.5, 0.6) is 5.75 Å². The largest absolute Gasteiger partial charge is 0.508 e. The number of phenols is 1. The molecule has 0 atom stereocenters. The lowest BCUT2D eigenvalue weighted by Crippen LogP contribution is -1.89. The number of hydrogen-bond donors (Lipinski definition) is 2. The highest BCUT2D eigenvalue weighted by Gasteiger charge is 2.09. The Morgan fingerprint density at radius 1 is 1.29 bits per heavy atom. The van der Waals surface area contributed by atoms with Crippen LogP contribution in [0.25, 0.3) is 10.6 Å². The minimum absolute atomic E-state index is 0.226. The molecule has 1 aromatic carbocycles. The van der Waals surface area contributed by atoms with Crippen LogP contribution in [-0.2, 0) is 0 Å². The molecule has 0 aliphatic carbocycles. The van der Waals surface area contributed by atoms with Gasteiger partial charge in [-0.25, -0.2) is 4.98 Å². The summed E-state index contributed by atoms with van der Waals surface area (Å²) in [5.41, 5.74) is 4.77. The Hall–Kier alpha value is -2.18. The van der Waals surface area contributed by atoms with Crippen molar-refractivity contribution in [1.29, 1.82) is 0 Å². The van der Waals surface area contributed by atoms with E-state index in [-0.39, 0.29) is 5.75 Å². The maximum atomic E-state index is 9.38. The van der Waals surface area contributed by atoms with Crippen LogP contribution in [0.3, 0.4) is 0 Å². The van der Waals surface area contributed by atoms with E-state index in [9.17, 15) is 5.11 Å². The van der Waals surface area contributed by atoms with Crippen LogP contribution in [0.1, 0.15) is 10.4 Å². The van der Waals surface area contributed by atoms with E-state index in [1.54, 1.807) is 47.1 Å². The van der Waals surface area contributed by atoms with Gasteiger partial charge in [0.05, 0.1) is 16.8 Å². The maximum Gasteiger partial charge on any atom is 0.204 e. The van der Waals surface area contributed by atoms with Crippen LogP contribution in [0.4, 0.5) is 5.13 Å². The van der Waals surface area contributed by atoms with Gasteiger partial charge in [0.15, 0.2) is 0 Å². The van der Waals surface area contributed by atoms with Gasteiger partial charge in [-0.2, -0.15) is 5.10 Å². The first kappa shape index (κ1) is 13.8. The molecule has 2 heterocycles. The summed E-state index contributed by atoms with van der Waals surface area (Å²) in [6, 6.07) is 11.0. The summed E-state index contributed by atoms with van der Waals surface area (Å²) in [6.45, 7) is 2.05. The second kappa shape index (κ2) is 6.07. The number of anilines is 1. The van der Waals surface area contributed by atoms with Crippen molar-refractivity contribution in [3.8, 4) is 16.3 Å². The number of aromatic nitrogens is 1. The number of nitrogens with one attached hydrogen (secondary N) is 1. The second-order valence-corrected chi connectivity index (χ2v) is 6.52. The van der Waals surface area contributed by atoms with Crippen molar-refractivity contribution in [1.82, 2.24) is 4.98 Å². The monoisotopic (exact) mass is 315 g/mol. The highest BCUT2D eigenvalue weighted by molar-refractivity contribution is 7.17. The normalized spacial score (nSPS) is 11.1. The minimum Gasteiger partial charge on any atom is -0.508 e. The van der Waals surface area contributed by atoms with Crippen molar-refractivity contribution < 1.29 is 5.11 Å². The lowest BCUT2D eigenvalue weighted by molar-refractivity contribution is 0.475. The third-order valence-electron chi connectivity index (χ3n) is 2.80. The fourth-order valence-corrected chi connectivity index (χ4v) is 3.47. The highest BCUT2D eigenvalue weighted by Crippen LogP contribution is 2.32.